The van der Waals surface area contributed by atoms with Crippen LogP contribution < -0.4 is 11.1 Å². The van der Waals surface area contributed by atoms with Gasteiger partial charge in [-0.1, -0.05) is 5.10 Å². The van der Waals surface area contributed by atoms with Crippen LogP contribution >= 0.6 is 0 Å². The quantitative estimate of drug-likeness (QED) is 0.734. The fourth-order valence-electron chi connectivity index (χ4n) is 1.27. The Balaban J connectivity index is 1.92. The van der Waals surface area contributed by atoms with Gasteiger partial charge in [-0.3, -0.25) is 0 Å². The van der Waals surface area contributed by atoms with Gasteiger partial charge in [0.1, 0.15) is 5.82 Å². The number of nitrogens with one attached hydrogen (secondary N) is 1. The van der Waals surface area contributed by atoms with Crippen molar-refractivity contribution in [2.24, 2.45) is 12.8 Å². The highest BCUT2D eigenvalue weighted by Crippen LogP contribution is 2.07. The number of rotatable bonds is 5. The van der Waals surface area contributed by atoms with Gasteiger partial charge in [0.25, 0.3) is 0 Å². The molecule has 2 rings (SSSR count). The summed E-state index contributed by atoms with van der Waals surface area (Å²) < 4.78 is 7.23. The molecule has 0 aromatic carbocycles. The molecule has 7 heteroatoms. The molecule has 16 heavy (non-hydrogen) atoms. The molecule has 2 aromatic heterocycles. The molecular weight excluding hydrogens is 208 g/mol. The Kier molecular flexibility index (Phi) is 3.16. The van der Waals surface area contributed by atoms with Gasteiger partial charge in [0.2, 0.25) is 5.89 Å². The molecule has 0 fully saturated rings. The molecule has 0 amide bonds. The summed E-state index contributed by atoms with van der Waals surface area (Å²) in [4.78, 5) is 4.16. The van der Waals surface area contributed by atoms with Crippen LogP contribution in [0, 0.1) is 0 Å². The number of hydrogen-bond acceptors (Lipinski definition) is 6. The van der Waals surface area contributed by atoms with Gasteiger partial charge < -0.3 is 20.0 Å². The molecule has 0 aliphatic rings. The second kappa shape index (κ2) is 4.75. The Hall–Kier alpha value is -1.89. The molecule has 3 N–H and O–H groups in total. The van der Waals surface area contributed by atoms with Crippen LogP contribution in [0.15, 0.2) is 16.8 Å². The zero-order valence-corrected chi connectivity index (χ0v) is 9.05. The molecule has 0 unspecified atom stereocenters. The van der Waals surface area contributed by atoms with E-state index in [-0.39, 0.29) is 0 Å². The SMILES string of the molecule is Cn1ccnc1CNc1nnc(CCN)o1. The normalized spacial score (nSPS) is 10.6. The van der Waals surface area contributed by atoms with Crippen molar-refractivity contribution in [1.82, 2.24) is 19.7 Å². The molecule has 2 heterocycles. The molecule has 0 spiro atoms. The molecule has 0 aliphatic heterocycles. The lowest BCUT2D eigenvalue weighted by atomic mass is 10.4. The summed E-state index contributed by atoms with van der Waals surface area (Å²) in [6, 6.07) is 0.395. The standard InChI is InChI=1S/C9H14N6O/c1-15-5-4-11-7(15)6-12-9-14-13-8(16-9)2-3-10/h4-5H,2-3,6,10H2,1H3,(H,12,14). The predicted molar refractivity (Wildman–Crippen MR) is 57.6 cm³/mol. The van der Waals surface area contributed by atoms with Gasteiger partial charge in [-0.2, -0.15) is 0 Å². The van der Waals surface area contributed by atoms with E-state index in [0.29, 0.717) is 31.4 Å². The summed E-state index contributed by atoms with van der Waals surface area (Å²) in [5.41, 5.74) is 5.38. The van der Waals surface area contributed by atoms with E-state index in [2.05, 4.69) is 20.5 Å². The van der Waals surface area contributed by atoms with E-state index in [1.807, 2.05) is 17.8 Å². The third-order valence-electron chi connectivity index (χ3n) is 2.14. The minimum absolute atomic E-state index is 0.395. The van der Waals surface area contributed by atoms with Crippen molar-refractivity contribution in [3.63, 3.8) is 0 Å². The lowest BCUT2D eigenvalue weighted by molar-refractivity contribution is 0.505. The van der Waals surface area contributed by atoms with Crippen molar-refractivity contribution in [3.05, 3.63) is 24.1 Å². The van der Waals surface area contributed by atoms with Crippen molar-refractivity contribution >= 4 is 6.01 Å². The van der Waals surface area contributed by atoms with Crippen LogP contribution in [-0.4, -0.2) is 26.3 Å². The van der Waals surface area contributed by atoms with Gasteiger partial charge in [-0.05, 0) is 0 Å². The van der Waals surface area contributed by atoms with E-state index < -0.39 is 0 Å². The summed E-state index contributed by atoms with van der Waals surface area (Å²) in [5.74, 6) is 1.45. The van der Waals surface area contributed by atoms with Crippen LogP contribution in [0.1, 0.15) is 11.7 Å². The first kappa shape index (κ1) is 10.6. The number of hydrogen-bond donors (Lipinski definition) is 2. The molecule has 0 atom stereocenters. The molecule has 0 saturated carbocycles. The number of nitrogens with zero attached hydrogens (tertiary/aromatic N) is 4. The van der Waals surface area contributed by atoms with Gasteiger partial charge in [0, 0.05) is 32.4 Å². The highest BCUT2D eigenvalue weighted by molar-refractivity contribution is 5.18. The molecule has 0 saturated heterocycles. The van der Waals surface area contributed by atoms with Crippen molar-refractivity contribution in [1.29, 1.82) is 0 Å². The summed E-state index contributed by atoms with van der Waals surface area (Å²) in [6.45, 7) is 1.05. The molecule has 2 aromatic rings. The number of imidazole rings is 1. The third kappa shape index (κ3) is 2.37. The van der Waals surface area contributed by atoms with Crippen LogP contribution in [0.2, 0.25) is 0 Å². The highest BCUT2D eigenvalue weighted by Gasteiger charge is 2.05. The van der Waals surface area contributed by atoms with Crippen LogP contribution in [0.4, 0.5) is 6.01 Å². The first-order valence-electron chi connectivity index (χ1n) is 5.02. The van der Waals surface area contributed by atoms with Crippen molar-refractivity contribution in [3.8, 4) is 0 Å². The molecule has 86 valence electrons. The second-order valence-corrected chi connectivity index (χ2v) is 3.35. The minimum Gasteiger partial charge on any atom is -0.408 e. The third-order valence-corrected chi connectivity index (χ3v) is 2.14. The number of aromatic nitrogens is 4. The van der Waals surface area contributed by atoms with Gasteiger partial charge in [-0.25, -0.2) is 4.98 Å². The van der Waals surface area contributed by atoms with Crippen LogP contribution in [0.5, 0.6) is 0 Å². The van der Waals surface area contributed by atoms with Gasteiger partial charge in [0.05, 0.1) is 6.54 Å². The average Bonchev–Trinajstić information content (AvgIpc) is 2.86. The van der Waals surface area contributed by atoms with E-state index in [4.69, 9.17) is 10.2 Å². The Morgan fingerprint density at radius 1 is 1.50 bits per heavy atom. The van der Waals surface area contributed by atoms with Crippen LogP contribution in [0.25, 0.3) is 0 Å². The minimum atomic E-state index is 0.395. The summed E-state index contributed by atoms with van der Waals surface area (Å²) in [5, 5.41) is 10.7. The lowest BCUT2D eigenvalue weighted by Crippen LogP contribution is -2.05. The fourth-order valence-corrected chi connectivity index (χ4v) is 1.27. The second-order valence-electron chi connectivity index (χ2n) is 3.35. The smallest absolute Gasteiger partial charge is 0.315 e. The summed E-state index contributed by atoms with van der Waals surface area (Å²) in [7, 11) is 1.93. The maximum absolute atomic E-state index is 5.38. The van der Waals surface area contributed by atoms with Gasteiger partial charge in [-0.15, -0.1) is 5.10 Å². The predicted octanol–water partition coefficient (Wildman–Crippen LogP) is -0.0836. The van der Waals surface area contributed by atoms with Crippen molar-refractivity contribution in [2.75, 3.05) is 11.9 Å². The molecule has 7 nitrogen and oxygen atoms in total. The number of nitrogens with two attached hydrogens (primary N) is 1. The molecule has 0 bridgehead atoms. The first-order valence-corrected chi connectivity index (χ1v) is 5.02. The zero-order valence-electron chi connectivity index (χ0n) is 9.05. The number of anilines is 1. The fraction of sp³-hybridized carbons (Fsp3) is 0.444. The van der Waals surface area contributed by atoms with E-state index >= 15 is 0 Å². The Bertz CT molecular complexity index is 448. The average molecular weight is 222 g/mol. The maximum atomic E-state index is 5.38. The van der Waals surface area contributed by atoms with E-state index in [1.165, 1.54) is 0 Å². The first-order chi connectivity index (χ1) is 7.79. The number of aryl methyl sites for hydroxylation is 1. The summed E-state index contributed by atoms with van der Waals surface area (Å²) >= 11 is 0. The van der Waals surface area contributed by atoms with E-state index in [1.54, 1.807) is 6.20 Å². The monoisotopic (exact) mass is 222 g/mol. The van der Waals surface area contributed by atoms with Crippen LogP contribution in [0.3, 0.4) is 0 Å². The maximum Gasteiger partial charge on any atom is 0.315 e. The largest absolute Gasteiger partial charge is 0.408 e. The van der Waals surface area contributed by atoms with Crippen LogP contribution in [-0.2, 0) is 20.0 Å². The van der Waals surface area contributed by atoms with Gasteiger partial charge >= 0.3 is 6.01 Å². The Labute approximate surface area is 92.7 Å². The summed E-state index contributed by atoms with van der Waals surface area (Å²) in [6.07, 6.45) is 4.21. The van der Waals surface area contributed by atoms with Gasteiger partial charge in [0.15, 0.2) is 0 Å². The highest BCUT2D eigenvalue weighted by atomic mass is 16.4. The lowest BCUT2D eigenvalue weighted by Gasteiger charge is -2.00. The molecule has 0 radical (unpaired) electrons. The Morgan fingerprint density at radius 2 is 2.38 bits per heavy atom. The van der Waals surface area contributed by atoms with Crippen molar-refractivity contribution < 1.29 is 4.42 Å². The molecule has 0 aliphatic carbocycles. The van der Waals surface area contributed by atoms with E-state index in [0.717, 1.165) is 5.82 Å². The van der Waals surface area contributed by atoms with Crippen molar-refractivity contribution in [2.45, 2.75) is 13.0 Å². The Morgan fingerprint density at radius 3 is 3.06 bits per heavy atom. The zero-order chi connectivity index (χ0) is 11.4. The molecular formula is C9H14N6O. The van der Waals surface area contributed by atoms with E-state index in [9.17, 15) is 0 Å². The topological polar surface area (TPSA) is 94.8 Å².